The minimum atomic E-state index is 0.777. The first-order valence-electron chi connectivity index (χ1n) is 7.70. The van der Waals surface area contributed by atoms with Gasteiger partial charge in [-0.15, -0.1) is 5.12 Å². The molecule has 0 atom stereocenters. The summed E-state index contributed by atoms with van der Waals surface area (Å²) in [4.78, 5) is 0. The van der Waals surface area contributed by atoms with E-state index in [9.17, 15) is 0 Å². The molecule has 0 bridgehead atoms. The zero-order valence-corrected chi connectivity index (χ0v) is 13.1. The van der Waals surface area contributed by atoms with Gasteiger partial charge >= 0.3 is 0 Å². The van der Waals surface area contributed by atoms with Crippen LogP contribution in [0.15, 0.2) is 48.5 Å². The van der Waals surface area contributed by atoms with Gasteiger partial charge in [-0.3, -0.25) is 5.01 Å². The Morgan fingerprint density at radius 1 is 0.864 bits per heavy atom. The molecule has 114 valence electrons. The van der Waals surface area contributed by atoms with E-state index >= 15 is 0 Å². The second kappa shape index (κ2) is 5.89. The molecule has 1 saturated heterocycles. The lowest BCUT2D eigenvalue weighted by molar-refractivity contribution is -0.0334. The number of fused-ring (bicyclic) bond motifs is 1. The fourth-order valence-corrected chi connectivity index (χ4v) is 3.40. The number of para-hydroxylation sites is 2. The maximum Gasteiger partial charge on any atom is 0.0780 e. The van der Waals surface area contributed by atoms with E-state index in [-0.39, 0.29) is 0 Å². The fourth-order valence-electron chi connectivity index (χ4n) is 3.19. The summed E-state index contributed by atoms with van der Waals surface area (Å²) in [6.45, 7) is 4.94. The average Bonchev–Trinajstić information content (AvgIpc) is 2.95. The van der Waals surface area contributed by atoms with Gasteiger partial charge in [-0.25, -0.2) is 5.01 Å². The molecule has 2 aliphatic heterocycles. The smallest absolute Gasteiger partial charge is 0.0780 e. The molecule has 0 aliphatic carbocycles. The van der Waals surface area contributed by atoms with Gasteiger partial charge in [0.25, 0.3) is 0 Å². The number of nitrogens with one attached hydrogen (secondary N) is 1. The van der Waals surface area contributed by atoms with E-state index in [1.807, 2.05) is 18.2 Å². The number of hydrazine groups is 2. The van der Waals surface area contributed by atoms with Crippen LogP contribution in [0.25, 0.3) is 0 Å². The van der Waals surface area contributed by atoms with Gasteiger partial charge < -0.3 is 5.32 Å². The highest BCUT2D eigenvalue weighted by molar-refractivity contribution is 6.33. The third-order valence-corrected chi connectivity index (χ3v) is 4.58. The van der Waals surface area contributed by atoms with Crippen LogP contribution in [0, 0.1) is 0 Å². The Morgan fingerprint density at radius 3 is 2.32 bits per heavy atom. The molecule has 22 heavy (non-hydrogen) atoms. The lowest BCUT2D eigenvalue weighted by Gasteiger charge is -2.41. The number of anilines is 2. The Bertz CT molecular complexity index is 669. The predicted molar refractivity (Wildman–Crippen MR) is 90.0 cm³/mol. The van der Waals surface area contributed by atoms with Crippen LogP contribution in [-0.2, 0) is 6.54 Å². The number of hydrogen-bond acceptors (Lipinski definition) is 4. The van der Waals surface area contributed by atoms with Crippen molar-refractivity contribution < 1.29 is 0 Å². The zero-order chi connectivity index (χ0) is 14.9. The number of rotatable bonds is 2. The van der Waals surface area contributed by atoms with Crippen molar-refractivity contribution in [3.05, 3.63) is 59.1 Å². The van der Waals surface area contributed by atoms with Crippen molar-refractivity contribution in [3.8, 4) is 0 Å². The van der Waals surface area contributed by atoms with Gasteiger partial charge in [0.15, 0.2) is 0 Å². The van der Waals surface area contributed by atoms with E-state index in [1.54, 1.807) is 0 Å². The molecule has 0 saturated carbocycles. The van der Waals surface area contributed by atoms with Crippen molar-refractivity contribution in [3.63, 3.8) is 0 Å². The van der Waals surface area contributed by atoms with Gasteiger partial charge in [0.05, 0.1) is 22.9 Å². The van der Waals surface area contributed by atoms with Gasteiger partial charge in [0.1, 0.15) is 0 Å². The number of halogens is 1. The minimum Gasteiger partial charge on any atom is -0.314 e. The molecular weight excluding hydrogens is 296 g/mol. The van der Waals surface area contributed by atoms with Crippen LogP contribution >= 0.6 is 11.6 Å². The van der Waals surface area contributed by atoms with E-state index < -0.39 is 0 Å². The van der Waals surface area contributed by atoms with Crippen molar-refractivity contribution in [1.29, 1.82) is 0 Å². The molecule has 2 heterocycles. The third kappa shape index (κ3) is 2.38. The van der Waals surface area contributed by atoms with Crippen LogP contribution in [0.1, 0.15) is 5.56 Å². The number of nitrogens with zero attached hydrogens (tertiary/aromatic N) is 3. The summed E-state index contributed by atoms with van der Waals surface area (Å²) in [5.41, 5.74) is 3.59. The molecule has 0 radical (unpaired) electrons. The van der Waals surface area contributed by atoms with E-state index in [0.717, 1.165) is 43.4 Å². The average molecular weight is 315 g/mol. The minimum absolute atomic E-state index is 0.777. The van der Waals surface area contributed by atoms with Gasteiger partial charge in [-0.05, 0) is 23.8 Å². The molecule has 0 amide bonds. The summed E-state index contributed by atoms with van der Waals surface area (Å²) < 4.78 is 0. The van der Waals surface area contributed by atoms with Crippen molar-refractivity contribution >= 4 is 23.0 Å². The Balaban J connectivity index is 1.77. The second-order valence-electron chi connectivity index (χ2n) is 5.63. The van der Waals surface area contributed by atoms with Crippen molar-refractivity contribution in [2.75, 3.05) is 31.2 Å². The first-order valence-corrected chi connectivity index (χ1v) is 8.08. The summed E-state index contributed by atoms with van der Waals surface area (Å²) in [5, 5.41) is 11.2. The Morgan fingerprint density at radius 2 is 1.55 bits per heavy atom. The van der Waals surface area contributed by atoms with Crippen LogP contribution in [0.3, 0.4) is 0 Å². The van der Waals surface area contributed by atoms with E-state index in [4.69, 9.17) is 11.6 Å². The highest BCUT2D eigenvalue weighted by Gasteiger charge is 2.33. The second-order valence-corrected chi connectivity index (χ2v) is 6.03. The Kier molecular flexibility index (Phi) is 3.76. The van der Waals surface area contributed by atoms with Crippen LogP contribution in [0.5, 0.6) is 0 Å². The lowest BCUT2D eigenvalue weighted by atomic mass is 10.2. The van der Waals surface area contributed by atoms with Gasteiger partial charge in [-0.1, -0.05) is 41.9 Å². The molecule has 0 spiro atoms. The summed E-state index contributed by atoms with van der Waals surface area (Å²) in [5.74, 6) is 0. The molecule has 4 rings (SSSR count). The molecule has 0 aromatic heterocycles. The molecule has 1 N–H and O–H groups in total. The van der Waals surface area contributed by atoms with Crippen LogP contribution in [0.2, 0.25) is 5.02 Å². The largest absolute Gasteiger partial charge is 0.314 e. The predicted octanol–water partition coefficient (Wildman–Crippen LogP) is 3.03. The zero-order valence-electron chi connectivity index (χ0n) is 12.4. The first kappa shape index (κ1) is 14.0. The quantitative estimate of drug-likeness (QED) is 0.919. The van der Waals surface area contributed by atoms with Crippen LogP contribution in [-0.4, -0.2) is 36.3 Å². The summed E-state index contributed by atoms with van der Waals surface area (Å²) >= 11 is 6.48. The summed E-state index contributed by atoms with van der Waals surface area (Å²) in [7, 11) is 0. The van der Waals surface area contributed by atoms with Crippen LogP contribution in [0.4, 0.5) is 11.4 Å². The van der Waals surface area contributed by atoms with E-state index in [0.29, 0.717) is 0 Å². The lowest BCUT2D eigenvalue weighted by Crippen LogP contribution is -2.55. The fraction of sp³-hybridized carbons (Fsp3) is 0.294. The Hall–Kier alpha value is -1.59. The number of hydrogen-bond donors (Lipinski definition) is 1. The summed E-state index contributed by atoms with van der Waals surface area (Å²) in [6.07, 6.45) is 0. The molecule has 2 aromatic carbocycles. The van der Waals surface area contributed by atoms with Crippen molar-refractivity contribution in [2.45, 2.75) is 6.54 Å². The Labute approximate surface area is 135 Å². The standard InChI is InChI=1S/C17H19ClN4/c18-15-6-2-4-8-17(15)22-16-7-3-1-5-14(16)13-21(22)20-11-9-19-10-12-20/h1-8,19H,9-13H2. The molecule has 2 aliphatic rings. The third-order valence-electron chi connectivity index (χ3n) is 4.26. The topological polar surface area (TPSA) is 21.8 Å². The molecule has 0 unspecified atom stereocenters. The van der Waals surface area contributed by atoms with Crippen LogP contribution < -0.4 is 10.3 Å². The monoisotopic (exact) mass is 314 g/mol. The maximum absolute atomic E-state index is 6.48. The maximum atomic E-state index is 6.48. The van der Waals surface area contributed by atoms with E-state index in [2.05, 4.69) is 50.8 Å². The summed E-state index contributed by atoms with van der Waals surface area (Å²) in [6, 6.07) is 16.6. The highest BCUT2D eigenvalue weighted by Crippen LogP contribution is 2.41. The SMILES string of the molecule is Clc1ccccc1N1c2ccccc2CN1N1CCNCC1. The molecule has 1 fully saturated rings. The number of piperazine rings is 1. The van der Waals surface area contributed by atoms with Gasteiger partial charge in [-0.2, -0.15) is 0 Å². The normalized spacial score (nSPS) is 19.4. The van der Waals surface area contributed by atoms with E-state index in [1.165, 1.54) is 11.3 Å². The molecular formula is C17H19ClN4. The van der Waals surface area contributed by atoms with Crippen molar-refractivity contribution in [2.24, 2.45) is 0 Å². The molecule has 5 heteroatoms. The van der Waals surface area contributed by atoms with Gasteiger partial charge in [0.2, 0.25) is 0 Å². The van der Waals surface area contributed by atoms with Crippen molar-refractivity contribution in [1.82, 2.24) is 15.4 Å². The molecule has 4 nitrogen and oxygen atoms in total. The van der Waals surface area contributed by atoms with Gasteiger partial charge in [0, 0.05) is 26.2 Å². The highest BCUT2D eigenvalue weighted by atomic mass is 35.5. The first-order chi connectivity index (χ1) is 10.8. The molecule has 2 aromatic rings. The number of benzene rings is 2.